The van der Waals surface area contributed by atoms with Crippen LogP contribution in [-0.4, -0.2) is 56.7 Å². The molecule has 0 saturated carbocycles. The second-order valence-electron chi connectivity index (χ2n) is 7.89. The number of anilines is 2. The molecule has 1 aromatic carbocycles. The second-order valence-corrected chi connectivity index (χ2v) is 7.89. The highest BCUT2D eigenvalue weighted by Gasteiger charge is 2.27. The summed E-state index contributed by atoms with van der Waals surface area (Å²) in [6.07, 6.45) is 4.93. The molecule has 1 unspecified atom stereocenters. The number of nitrogens with zero attached hydrogens (tertiary/aromatic N) is 3. The van der Waals surface area contributed by atoms with Crippen LogP contribution in [0.3, 0.4) is 0 Å². The first-order valence-electron chi connectivity index (χ1n) is 10.2. The van der Waals surface area contributed by atoms with Crippen LogP contribution in [0.15, 0.2) is 24.3 Å². The molecule has 0 radical (unpaired) electrons. The fraction of sp³-hybridized carbons (Fsp3) is 0.667. The molecule has 3 rings (SSSR count). The molecule has 2 saturated heterocycles. The van der Waals surface area contributed by atoms with E-state index in [0.717, 1.165) is 44.3 Å². The Hall–Kier alpha value is -1.75. The van der Waals surface area contributed by atoms with Crippen molar-refractivity contribution >= 4 is 17.4 Å². The quantitative estimate of drug-likeness (QED) is 0.810. The van der Waals surface area contributed by atoms with E-state index in [1.165, 1.54) is 31.4 Å². The highest BCUT2D eigenvalue weighted by Crippen LogP contribution is 2.27. The zero-order valence-electron chi connectivity index (χ0n) is 16.6. The summed E-state index contributed by atoms with van der Waals surface area (Å²) in [6, 6.07) is 9.22. The third-order valence-electron chi connectivity index (χ3n) is 5.99. The monoisotopic (exact) mass is 358 g/mol. The zero-order valence-corrected chi connectivity index (χ0v) is 16.6. The predicted molar refractivity (Wildman–Crippen MR) is 109 cm³/mol. The molecule has 26 heavy (non-hydrogen) atoms. The largest absolute Gasteiger partial charge is 0.371 e. The Balaban J connectivity index is 1.52. The van der Waals surface area contributed by atoms with Crippen molar-refractivity contribution in [3.8, 4) is 0 Å². The topological polar surface area (TPSA) is 38.8 Å². The number of rotatable bonds is 7. The lowest BCUT2D eigenvalue weighted by Gasteiger charge is -2.34. The summed E-state index contributed by atoms with van der Waals surface area (Å²) in [6.45, 7) is 9.49. The van der Waals surface area contributed by atoms with Gasteiger partial charge in [0, 0.05) is 50.6 Å². The van der Waals surface area contributed by atoms with Gasteiger partial charge in [0.15, 0.2) is 0 Å². The van der Waals surface area contributed by atoms with E-state index in [1.54, 1.807) is 4.90 Å². The standard InChI is InChI=1S/C21H34N4O/c1-4-17(2)8-11-22-18-9-12-24(13-10-18)19-6-5-7-20(16-19)25-15-14-23(3)21(25)26/h5-7,16-18,22H,4,8-15H2,1-3H3. The van der Waals surface area contributed by atoms with Gasteiger partial charge in [-0.15, -0.1) is 0 Å². The van der Waals surface area contributed by atoms with Crippen LogP contribution in [0.4, 0.5) is 16.2 Å². The molecule has 2 fully saturated rings. The Morgan fingerprint density at radius 1 is 1.15 bits per heavy atom. The number of amides is 2. The van der Waals surface area contributed by atoms with Crippen LogP contribution in [0.5, 0.6) is 0 Å². The molecule has 2 heterocycles. The lowest BCUT2D eigenvalue weighted by molar-refractivity contribution is 0.229. The van der Waals surface area contributed by atoms with Gasteiger partial charge in [0.2, 0.25) is 0 Å². The molecule has 5 nitrogen and oxygen atoms in total. The molecular weight excluding hydrogens is 324 g/mol. The van der Waals surface area contributed by atoms with Crippen molar-refractivity contribution < 1.29 is 4.79 Å². The van der Waals surface area contributed by atoms with Crippen LogP contribution in [0, 0.1) is 5.92 Å². The van der Waals surface area contributed by atoms with Gasteiger partial charge in [0.1, 0.15) is 0 Å². The SMILES string of the molecule is CCC(C)CCNC1CCN(c2cccc(N3CCN(C)C3=O)c2)CC1. The zero-order chi connectivity index (χ0) is 18.5. The Morgan fingerprint density at radius 3 is 2.54 bits per heavy atom. The minimum atomic E-state index is 0.103. The first-order valence-corrected chi connectivity index (χ1v) is 10.2. The van der Waals surface area contributed by atoms with E-state index in [1.807, 2.05) is 18.0 Å². The van der Waals surface area contributed by atoms with Gasteiger partial charge >= 0.3 is 6.03 Å². The molecule has 1 N–H and O–H groups in total. The van der Waals surface area contributed by atoms with Crippen molar-refractivity contribution in [3.63, 3.8) is 0 Å². The van der Waals surface area contributed by atoms with Crippen molar-refractivity contribution in [2.75, 3.05) is 49.6 Å². The minimum absolute atomic E-state index is 0.103. The molecule has 0 spiro atoms. The van der Waals surface area contributed by atoms with E-state index in [2.05, 4.69) is 42.3 Å². The number of carbonyl (C=O) groups excluding carboxylic acids is 1. The van der Waals surface area contributed by atoms with Crippen molar-refractivity contribution in [3.05, 3.63) is 24.3 Å². The normalized spacial score (nSPS) is 20.1. The fourth-order valence-electron chi connectivity index (χ4n) is 3.82. The predicted octanol–water partition coefficient (Wildman–Crippen LogP) is 3.55. The number of piperidine rings is 1. The maximum absolute atomic E-state index is 12.2. The van der Waals surface area contributed by atoms with E-state index >= 15 is 0 Å². The molecule has 5 heteroatoms. The van der Waals surface area contributed by atoms with E-state index in [0.29, 0.717) is 6.04 Å². The number of benzene rings is 1. The summed E-state index contributed by atoms with van der Waals surface area (Å²) in [4.78, 5) is 18.4. The molecule has 144 valence electrons. The lowest BCUT2D eigenvalue weighted by Crippen LogP contribution is -2.43. The van der Waals surface area contributed by atoms with Gasteiger partial charge in [0.05, 0.1) is 0 Å². The second kappa shape index (κ2) is 8.76. The van der Waals surface area contributed by atoms with Crippen LogP contribution in [0.1, 0.15) is 39.5 Å². The molecule has 1 aromatic rings. The fourth-order valence-corrected chi connectivity index (χ4v) is 3.82. The Kier molecular flexibility index (Phi) is 6.41. The van der Waals surface area contributed by atoms with E-state index in [4.69, 9.17) is 0 Å². The minimum Gasteiger partial charge on any atom is -0.371 e. The molecular formula is C21H34N4O. The summed E-state index contributed by atoms with van der Waals surface area (Å²) in [5, 5.41) is 3.74. The van der Waals surface area contributed by atoms with Gasteiger partial charge in [-0.2, -0.15) is 0 Å². The summed E-state index contributed by atoms with van der Waals surface area (Å²) >= 11 is 0. The van der Waals surface area contributed by atoms with Crippen molar-refractivity contribution in [2.45, 2.75) is 45.6 Å². The van der Waals surface area contributed by atoms with E-state index in [-0.39, 0.29) is 6.03 Å². The molecule has 2 amide bonds. The van der Waals surface area contributed by atoms with Crippen LogP contribution in [0.25, 0.3) is 0 Å². The number of hydrogen-bond donors (Lipinski definition) is 1. The maximum Gasteiger partial charge on any atom is 0.324 e. The van der Waals surface area contributed by atoms with Gasteiger partial charge in [-0.05, 0) is 49.9 Å². The molecule has 1 atom stereocenters. The lowest BCUT2D eigenvalue weighted by atomic mass is 10.0. The van der Waals surface area contributed by atoms with Crippen molar-refractivity contribution in [1.82, 2.24) is 10.2 Å². The Labute approximate surface area is 158 Å². The summed E-state index contributed by atoms with van der Waals surface area (Å²) in [5.74, 6) is 0.817. The average molecular weight is 359 g/mol. The van der Waals surface area contributed by atoms with Crippen molar-refractivity contribution in [2.24, 2.45) is 5.92 Å². The summed E-state index contributed by atoms with van der Waals surface area (Å²) < 4.78 is 0. The van der Waals surface area contributed by atoms with Crippen LogP contribution < -0.4 is 15.1 Å². The Morgan fingerprint density at radius 2 is 1.88 bits per heavy atom. The number of nitrogens with one attached hydrogen (secondary N) is 1. The number of carbonyl (C=O) groups is 1. The first kappa shape index (κ1) is 19.0. The number of hydrogen-bond acceptors (Lipinski definition) is 3. The molecule has 0 aliphatic carbocycles. The van der Waals surface area contributed by atoms with Gasteiger partial charge in [-0.25, -0.2) is 4.79 Å². The van der Waals surface area contributed by atoms with E-state index < -0.39 is 0 Å². The molecule has 0 aromatic heterocycles. The maximum atomic E-state index is 12.2. The number of likely N-dealkylation sites (N-methyl/N-ethyl adjacent to an activating group) is 1. The molecule has 2 aliphatic heterocycles. The van der Waals surface area contributed by atoms with Gasteiger partial charge in [-0.1, -0.05) is 26.3 Å². The van der Waals surface area contributed by atoms with Crippen molar-refractivity contribution in [1.29, 1.82) is 0 Å². The van der Waals surface area contributed by atoms with Gasteiger partial charge < -0.3 is 15.1 Å². The average Bonchev–Trinajstić information content (AvgIpc) is 3.01. The number of urea groups is 1. The summed E-state index contributed by atoms with van der Waals surface area (Å²) in [5.41, 5.74) is 2.26. The van der Waals surface area contributed by atoms with Crippen LogP contribution in [0.2, 0.25) is 0 Å². The summed E-state index contributed by atoms with van der Waals surface area (Å²) in [7, 11) is 1.87. The first-order chi connectivity index (χ1) is 12.6. The molecule has 2 aliphatic rings. The third-order valence-corrected chi connectivity index (χ3v) is 5.99. The highest BCUT2D eigenvalue weighted by molar-refractivity contribution is 5.94. The van der Waals surface area contributed by atoms with Crippen LogP contribution >= 0.6 is 0 Å². The van der Waals surface area contributed by atoms with E-state index in [9.17, 15) is 4.79 Å². The highest BCUT2D eigenvalue weighted by atomic mass is 16.2. The van der Waals surface area contributed by atoms with Crippen LogP contribution in [-0.2, 0) is 0 Å². The van der Waals surface area contributed by atoms with Gasteiger partial charge in [-0.3, -0.25) is 4.90 Å². The Bertz CT molecular complexity index is 597. The smallest absolute Gasteiger partial charge is 0.324 e. The van der Waals surface area contributed by atoms with Gasteiger partial charge in [0.25, 0.3) is 0 Å². The third kappa shape index (κ3) is 4.50. The molecule has 0 bridgehead atoms.